The number of ether oxygens (including phenoxy) is 1. The van der Waals surface area contributed by atoms with Gasteiger partial charge in [0.15, 0.2) is 0 Å². The normalized spacial score (nSPS) is 16.1. The summed E-state index contributed by atoms with van der Waals surface area (Å²) in [5.41, 5.74) is 7.83. The number of sulfonamides is 1. The lowest BCUT2D eigenvalue weighted by Gasteiger charge is -2.26. The number of nitrogens with two attached hydrogens (primary N) is 1. The molecule has 2 aromatic rings. The van der Waals surface area contributed by atoms with Gasteiger partial charge in [0, 0.05) is 24.8 Å². The molecule has 1 aliphatic heterocycles. The first-order valence-corrected chi connectivity index (χ1v) is 9.74. The molecule has 0 atom stereocenters. The Morgan fingerprint density at radius 3 is 2.72 bits per heavy atom. The number of benzene rings is 1. The third-order valence-electron chi connectivity index (χ3n) is 4.05. The fourth-order valence-electron chi connectivity index (χ4n) is 2.74. The van der Waals surface area contributed by atoms with Crippen molar-refractivity contribution >= 4 is 27.6 Å². The van der Waals surface area contributed by atoms with Crippen LogP contribution in [0.5, 0.6) is 0 Å². The van der Waals surface area contributed by atoms with Crippen LogP contribution in [0.4, 0.5) is 5.95 Å². The second-order valence-electron chi connectivity index (χ2n) is 5.60. The van der Waals surface area contributed by atoms with Gasteiger partial charge < -0.3 is 10.5 Å². The Morgan fingerprint density at radius 2 is 2.04 bits per heavy atom. The summed E-state index contributed by atoms with van der Waals surface area (Å²) in [5, 5.41) is 0.185. The molecule has 0 spiro atoms. The minimum Gasteiger partial charge on any atom is -0.379 e. The fraction of sp³-hybridized carbons (Fsp3) is 0.375. The third-order valence-corrected chi connectivity index (χ3v) is 6.43. The number of anilines is 1. The van der Waals surface area contributed by atoms with Gasteiger partial charge in [-0.3, -0.25) is 0 Å². The molecule has 3 rings (SSSR count). The lowest BCUT2D eigenvalue weighted by atomic mass is 10.0. The number of nitrogen functional groups attached to an aromatic ring is 1. The zero-order valence-electron chi connectivity index (χ0n) is 13.8. The molecular weight excluding hydrogens is 364 g/mol. The first-order chi connectivity index (χ1) is 11.9. The van der Waals surface area contributed by atoms with E-state index in [-0.39, 0.29) is 15.9 Å². The molecule has 9 heteroatoms. The van der Waals surface area contributed by atoms with Crippen molar-refractivity contribution in [3.63, 3.8) is 0 Å². The molecule has 0 bridgehead atoms. The second kappa shape index (κ2) is 7.25. The van der Waals surface area contributed by atoms with Gasteiger partial charge in [-0.25, -0.2) is 18.4 Å². The number of halogens is 1. The number of rotatable bonds is 4. The maximum atomic E-state index is 12.9. The molecule has 25 heavy (non-hydrogen) atoms. The first-order valence-electron chi connectivity index (χ1n) is 7.92. The van der Waals surface area contributed by atoms with Crippen LogP contribution in [0.3, 0.4) is 0 Å². The van der Waals surface area contributed by atoms with Gasteiger partial charge in [0.25, 0.3) is 0 Å². The van der Waals surface area contributed by atoms with Crippen LogP contribution in [-0.2, 0) is 21.2 Å². The van der Waals surface area contributed by atoms with Crippen molar-refractivity contribution in [2.24, 2.45) is 0 Å². The standard InChI is InChI=1S/C16H19ClN4O3S/c1-2-14-12(10-19-16(18)20-14)11-3-4-13(17)15(9-11)25(22,23)21-5-7-24-8-6-21/h3-4,9-10H,2,5-8H2,1H3,(H2,18,19,20). The van der Waals surface area contributed by atoms with E-state index in [1.165, 1.54) is 4.31 Å². The van der Waals surface area contributed by atoms with Crippen molar-refractivity contribution in [2.75, 3.05) is 32.0 Å². The van der Waals surface area contributed by atoms with Gasteiger partial charge in [-0.15, -0.1) is 0 Å². The number of morpholine rings is 1. The molecular formula is C16H19ClN4O3S. The number of nitrogens with zero attached hydrogens (tertiary/aromatic N) is 3. The molecule has 0 radical (unpaired) electrons. The summed E-state index contributed by atoms with van der Waals surface area (Å²) in [4.78, 5) is 8.33. The minimum atomic E-state index is -3.70. The highest BCUT2D eigenvalue weighted by Crippen LogP contribution is 2.31. The highest BCUT2D eigenvalue weighted by atomic mass is 35.5. The van der Waals surface area contributed by atoms with Crippen molar-refractivity contribution in [2.45, 2.75) is 18.2 Å². The lowest BCUT2D eigenvalue weighted by Crippen LogP contribution is -2.40. The number of hydrogen-bond acceptors (Lipinski definition) is 6. The van der Waals surface area contributed by atoms with E-state index < -0.39 is 10.0 Å². The minimum absolute atomic E-state index is 0.0763. The Balaban J connectivity index is 2.07. The van der Waals surface area contributed by atoms with E-state index in [1.807, 2.05) is 6.92 Å². The third kappa shape index (κ3) is 3.62. The molecule has 1 fully saturated rings. The van der Waals surface area contributed by atoms with Gasteiger partial charge in [-0.05, 0) is 24.1 Å². The quantitative estimate of drug-likeness (QED) is 0.867. The molecule has 2 heterocycles. The van der Waals surface area contributed by atoms with Gasteiger partial charge in [0.2, 0.25) is 16.0 Å². The Labute approximate surface area is 151 Å². The predicted octanol–water partition coefficient (Wildman–Crippen LogP) is 1.96. The molecule has 0 unspecified atom stereocenters. The van der Waals surface area contributed by atoms with Crippen molar-refractivity contribution < 1.29 is 13.2 Å². The van der Waals surface area contributed by atoms with Crippen LogP contribution in [0.2, 0.25) is 5.02 Å². The smallest absolute Gasteiger partial charge is 0.244 e. The molecule has 0 saturated carbocycles. The van der Waals surface area contributed by atoms with E-state index in [9.17, 15) is 8.42 Å². The maximum absolute atomic E-state index is 12.9. The number of aryl methyl sites for hydroxylation is 1. The molecule has 134 valence electrons. The Hall–Kier alpha value is -1.74. The van der Waals surface area contributed by atoms with Crippen LogP contribution < -0.4 is 5.73 Å². The van der Waals surface area contributed by atoms with Crippen molar-refractivity contribution in [1.82, 2.24) is 14.3 Å². The monoisotopic (exact) mass is 382 g/mol. The molecule has 0 aliphatic carbocycles. The number of hydrogen-bond donors (Lipinski definition) is 1. The van der Waals surface area contributed by atoms with Crippen molar-refractivity contribution in [3.05, 3.63) is 35.1 Å². The molecule has 7 nitrogen and oxygen atoms in total. The fourth-order valence-corrected chi connectivity index (χ4v) is 4.65. The van der Waals surface area contributed by atoms with Crippen molar-refractivity contribution in [3.8, 4) is 11.1 Å². The highest BCUT2D eigenvalue weighted by Gasteiger charge is 2.28. The molecule has 1 saturated heterocycles. The van der Waals surface area contributed by atoms with E-state index in [0.29, 0.717) is 38.3 Å². The topological polar surface area (TPSA) is 98.4 Å². The van der Waals surface area contributed by atoms with E-state index in [4.69, 9.17) is 22.1 Å². The summed E-state index contributed by atoms with van der Waals surface area (Å²) in [7, 11) is -3.70. The van der Waals surface area contributed by atoms with Crippen molar-refractivity contribution in [1.29, 1.82) is 0 Å². The average Bonchev–Trinajstić information content (AvgIpc) is 2.62. The van der Waals surface area contributed by atoms with E-state index in [0.717, 1.165) is 11.3 Å². The summed E-state index contributed by atoms with van der Waals surface area (Å²) in [6.07, 6.45) is 2.26. The van der Waals surface area contributed by atoms with Gasteiger partial charge in [-0.2, -0.15) is 4.31 Å². The maximum Gasteiger partial charge on any atom is 0.244 e. The first kappa shape index (κ1) is 18.1. The van der Waals surface area contributed by atoms with Crippen LogP contribution in [0.25, 0.3) is 11.1 Å². The molecule has 1 aromatic heterocycles. The summed E-state index contributed by atoms with van der Waals surface area (Å²) < 4.78 is 32.5. The van der Waals surface area contributed by atoms with Gasteiger partial charge in [0.1, 0.15) is 4.90 Å². The summed E-state index contributed by atoms with van der Waals surface area (Å²) in [5.74, 6) is 0.190. The van der Waals surface area contributed by atoms with Crippen LogP contribution in [-0.4, -0.2) is 49.0 Å². The number of aromatic nitrogens is 2. The summed E-state index contributed by atoms with van der Waals surface area (Å²) in [6, 6.07) is 4.91. The highest BCUT2D eigenvalue weighted by molar-refractivity contribution is 7.89. The van der Waals surface area contributed by atoms with Crippen LogP contribution in [0, 0.1) is 0 Å². The Bertz CT molecular complexity index is 883. The lowest BCUT2D eigenvalue weighted by molar-refractivity contribution is 0.0730. The van der Waals surface area contributed by atoms with Gasteiger partial charge in [-0.1, -0.05) is 24.6 Å². The molecule has 0 amide bonds. The van der Waals surface area contributed by atoms with E-state index >= 15 is 0 Å². The van der Waals surface area contributed by atoms with E-state index in [1.54, 1.807) is 24.4 Å². The largest absolute Gasteiger partial charge is 0.379 e. The van der Waals surface area contributed by atoms with Crippen LogP contribution in [0.1, 0.15) is 12.6 Å². The Morgan fingerprint density at radius 1 is 1.32 bits per heavy atom. The molecule has 1 aromatic carbocycles. The zero-order chi connectivity index (χ0) is 18.0. The summed E-state index contributed by atoms with van der Waals surface area (Å²) >= 11 is 6.20. The van der Waals surface area contributed by atoms with Crippen LogP contribution >= 0.6 is 11.6 Å². The SMILES string of the molecule is CCc1nc(N)ncc1-c1ccc(Cl)c(S(=O)(=O)N2CCOCC2)c1. The van der Waals surface area contributed by atoms with Gasteiger partial charge in [0.05, 0.1) is 23.9 Å². The average molecular weight is 383 g/mol. The second-order valence-corrected chi connectivity index (χ2v) is 7.92. The molecule has 2 N–H and O–H groups in total. The Kier molecular flexibility index (Phi) is 5.24. The van der Waals surface area contributed by atoms with Gasteiger partial charge >= 0.3 is 0 Å². The zero-order valence-corrected chi connectivity index (χ0v) is 15.3. The summed E-state index contributed by atoms with van der Waals surface area (Å²) in [6.45, 7) is 3.33. The predicted molar refractivity (Wildman–Crippen MR) is 95.8 cm³/mol. The van der Waals surface area contributed by atoms with E-state index in [2.05, 4.69) is 9.97 Å². The van der Waals surface area contributed by atoms with Crippen LogP contribution in [0.15, 0.2) is 29.3 Å². The molecule has 1 aliphatic rings.